The Labute approximate surface area is 131 Å². The minimum Gasteiger partial charge on any atom is -0.396 e. The molecule has 0 aliphatic heterocycles. The maximum atomic E-state index is 12.2. The van der Waals surface area contributed by atoms with Crippen LogP contribution in [0.25, 0.3) is 0 Å². The van der Waals surface area contributed by atoms with Gasteiger partial charge in [-0.3, -0.25) is 4.79 Å². The Balaban J connectivity index is 1.85. The fourth-order valence-electron chi connectivity index (χ4n) is 2.20. The van der Waals surface area contributed by atoms with Gasteiger partial charge in [-0.2, -0.15) is 0 Å². The van der Waals surface area contributed by atoms with Crippen molar-refractivity contribution in [3.05, 3.63) is 71.8 Å². The summed E-state index contributed by atoms with van der Waals surface area (Å²) in [6, 6.07) is 19.3. The second-order valence-corrected chi connectivity index (χ2v) is 5.13. The van der Waals surface area contributed by atoms with E-state index in [0.29, 0.717) is 19.5 Å². The van der Waals surface area contributed by atoms with Crippen molar-refractivity contribution in [3.8, 4) is 0 Å². The van der Waals surface area contributed by atoms with Gasteiger partial charge in [0.2, 0.25) is 5.91 Å². The largest absolute Gasteiger partial charge is 0.396 e. The van der Waals surface area contributed by atoms with Crippen LogP contribution >= 0.6 is 0 Å². The molecule has 0 aromatic heterocycles. The van der Waals surface area contributed by atoms with Crippen molar-refractivity contribution in [3.63, 3.8) is 0 Å². The molecule has 0 saturated heterocycles. The summed E-state index contributed by atoms with van der Waals surface area (Å²) in [5.74, 6) is -0.0890. The van der Waals surface area contributed by atoms with Gasteiger partial charge < -0.3 is 15.7 Å². The zero-order valence-corrected chi connectivity index (χ0v) is 12.5. The first kappa shape index (κ1) is 16.2. The summed E-state index contributed by atoms with van der Waals surface area (Å²) < 4.78 is 0. The summed E-state index contributed by atoms with van der Waals surface area (Å²) in [6.07, 6.45) is 0.396. The second-order valence-electron chi connectivity index (χ2n) is 5.13. The van der Waals surface area contributed by atoms with Crippen molar-refractivity contribution < 1.29 is 9.90 Å². The average Bonchev–Trinajstić information content (AvgIpc) is 2.58. The van der Waals surface area contributed by atoms with E-state index in [9.17, 15) is 4.79 Å². The number of aliphatic hydroxyl groups is 1. The topological polar surface area (TPSA) is 61.4 Å². The number of rotatable bonds is 8. The Morgan fingerprint density at radius 2 is 1.45 bits per heavy atom. The zero-order chi connectivity index (χ0) is 15.6. The van der Waals surface area contributed by atoms with Crippen molar-refractivity contribution in [2.24, 2.45) is 0 Å². The molecule has 1 amide bonds. The van der Waals surface area contributed by atoms with E-state index in [2.05, 4.69) is 10.6 Å². The van der Waals surface area contributed by atoms with Crippen LogP contribution in [0.15, 0.2) is 60.7 Å². The van der Waals surface area contributed by atoms with Crippen molar-refractivity contribution in [2.75, 3.05) is 6.61 Å². The van der Waals surface area contributed by atoms with Gasteiger partial charge in [-0.05, 0) is 17.5 Å². The third kappa shape index (κ3) is 5.31. The number of benzene rings is 2. The van der Waals surface area contributed by atoms with Gasteiger partial charge in [0, 0.05) is 19.7 Å². The van der Waals surface area contributed by atoms with Crippen LogP contribution in [0.5, 0.6) is 0 Å². The van der Waals surface area contributed by atoms with Gasteiger partial charge in [0.15, 0.2) is 0 Å². The Hall–Kier alpha value is -2.17. The molecule has 0 aliphatic rings. The third-order valence-electron chi connectivity index (χ3n) is 3.44. The van der Waals surface area contributed by atoms with E-state index in [1.54, 1.807) is 0 Å². The molecule has 116 valence electrons. The van der Waals surface area contributed by atoms with Crippen LogP contribution in [-0.2, 0) is 17.9 Å². The number of carbonyl (C=O) groups is 1. The number of hydrogen-bond acceptors (Lipinski definition) is 3. The minimum absolute atomic E-state index is 0.0226. The van der Waals surface area contributed by atoms with Gasteiger partial charge in [0.1, 0.15) is 0 Å². The lowest BCUT2D eigenvalue weighted by atomic mass is 10.1. The van der Waals surface area contributed by atoms with Crippen LogP contribution in [0.3, 0.4) is 0 Å². The predicted molar refractivity (Wildman–Crippen MR) is 87.1 cm³/mol. The summed E-state index contributed by atoms with van der Waals surface area (Å²) in [4.78, 5) is 12.2. The highest BCUT2D eigenvalue weighted by atomic mass is 16.3. The molecular weight excluding hydrogens is 276 g/mol. The highest BCUT2D eigenvalue weighted by Crippen LogP contribution is 2.02. The Morgan fingerprint density at radius 3 is 2.00 bits per heavy atom. The summed E-state index contributed by atoms with van der Waals surface area (Å²) in [5.41, 5.74) is 2.17. The SMILES string of the molecule is O=C(NCc1ccccc1)C(CCO)NCc1ccccc1. The molecule has 0 spiro atoms. The molecular formula is C18H22N2O2. The molecule has 2 aromatic carbocycles. The first-order chi connectivity index (χ1) is 10.8. The standard InChI is InChI=1S/C18H22N2O2/c21-12-11-17(19-13-15-7-3-1-4-8-15)18(22)20-14-16-9-5-2-6-10-16/h1-10,17,19,21H,11-14H2,(H,20,22). The molecule has 4 heteroatoms. The number of carbonyl (C=O) groups excluding carboxylic acids is 1. The van der Waals surface area contributed by atoms with Gasteiger partial charge in [0.05, 0.1) is 6.04 Å². The molecule has 22 heavy (non-hydrogen) atoms. The molecule has 0 aliphatic carbocycles. The van der Waals surface area contributed by atoms with E-state index in [-0.39, 0.29) is 12.5 Å². The Morgan fingerprint density at radius 1 is 0.909 bits per heavy atom. The fraction of sp³-hybridized carbons (Fsp3) is 0.278. The first-order valence-electron chi connectivity index (χ1n) is 7.49. The molecule has 0 heterocycles. The molecule has 2 aromatic rings. The summed E-state index contributed by atoms with van der Waals surface area (Å²) >= 11 is 0. The minimum atomic E-state index is -0.395. The smallest absolute Gasteiger partial charge is 0.237 e. The molecule has 1 atom stereocenters. The van der Waals surface area contributed by atoms with Gasteiger partial charge in [-0.1, -0.05) is 60.7 Å². The van der Waals surface area contributed by atoms with Crippen LogP contribution in [0.1, 0.15) is 17.5 Å². The molecule has 3 N–H and O–H groups in total. The molecule has 0 saturated carbocycles. The van der Waals surface area contributed by atoms with Gasteiger partial charge in [-0.15, -0.1) is 0 Å². The summed E-state index contributed by atoms with van der Waals surface area (Å²) in [7, 11) is 0. The van der Waals surface area contributed by atoms with E-state index in [0.717, 1.165) is 11.1 Å². The molecule has 0 fully saturated rings. The molecule has 0 radical (unpaired) electrons. The monoisotopic (exact) mass is 298 g/mol. The summed E-state index contributed by atoms with van der Waals surface area (Å²) in [5, 5.41) is 15.3. The van der Waals surface area contributed by atoms with Crippen molar-refractivity contribution >= 4 is 5.91 Å². The van der Waals surface area contributed by atoms with Crippen LogP contribution < -0.4 is 10.6 Å². The van der Waals surface area contributed by atoms with Gasteiger partial charge >= 0.3 is 0 Å². The summed E-state index contributed by atoms with van der Waals surface area (Å²) in [6.45, 7) is 1.07. The van der Waals surface area contributed by atoms with Gasteiger partial charge in [-0.25, -0.2) is 0 Å². The maximum absolute atomic E-state index is 12.2. The lowest BCUT2D eigenvalue weighted by molar-refractivity contribution is -0.123. The molecule has 4 nitrogen and oxygen atoms in total. The fourth-order valence-corrected chi connectivity index (χ4v) is 2.20. The zero-order valence-electron chi connectivity index (χ0n) is 12.5. The predicted octanol–water partition coefficient (Wildman–Crippen LogP) is 1.84. The Kier molecular flexibility index (Phi) is 6.61. The lowest BCUT2D eigenvalue weighted by Gasteiger charge is -2.17. The Bertz CT molecular complexity index is 558. The van der Waals surface area contributed by atoms with Crippen molar-refractivity contribution in [2.45, 2.75) is 25.6 Å². The van der Waals surface area contributed by atoms with Crippen LogP contribution in [0, 0.1) is 0 Å². The van der Waals surface area contributed by atoms with Crippen LogP contribution in [0.4, 0.5) is 0 Å². The van der Waals surface area contributed by atoms with Gasteiger partial charge in [0.25, 0.3) is 0 Å². The van der Waals surface area contributed by atoms with E-state index in [4.69, 9.17) is 5.11 Å². The molecule has 1 unspecified atom stereocenters. The average molecular weight is 298 g/mol. The number of hydrogen-bond donors (Lipinski definition) is 3. The van der Waals surface area contributed by atoms with E-state index in [1.807, 2.05) is 60.7 Å². The molecule has 0 bridgehead atoms. The van der Waals surface area contributed by atoms with Crippen LogP contribution in [0.2, 0.25) is 0 Å². The normalized spacial score (nSPS) is 11.9. The third-order valence-corrected chi connectivity index (χ3v) is 3.44. The van der Waals surface area contributed by atoms with E-state index >= 15 is 0 Å². The number of amides is 1. The highest BCUT2D eigenvalue weighted by molar-refractivity contribution is 5.81. The first-order valence-corrected chi connectivity index (χ1v) is 7.49. The van der Waals surface area contributed by atoms with E-state index < -0.39 is 6.04 Å². The van der Waals surface area contributed by atoms with E-state index in [1.165, 1.54) is 0 Å². The maximum Gasteiger partial charge on any atom is 0.237 e. The van der Waals surface area contributed by atoms with Crippen molar-refractivity contribution in [1.29, 1.82) is 0 Å². The number of nitrogens with one attached hydrogen (secondary N) is 2. The molecule has 2 rings (SSSR count). The highest BCUT2D eigenvalue weighted by Gasteiger charge is 2.16. The lowest BCUT2D eigenvalue weighted by Crippen LogP contribution is -2.44. The van der Waals surface area contributed by atoms with Crippen LogP contribution in [-0.4, -0.2) is 23.7 Å². The second kappa shape index (κ2) is 8.97. The number of aliphatic hydroxyl groups excluding tert-OH is 1. The quantitative estimate of drug-likeness (QED) is 0.697. The van der Waals surface area contributed by atoms with Crippen molar-refractivity contribution in [1.82, 2.24) is 10.6 Å².